The number of hydrogen-bond acceptors (Lipinski definition) is 2. The normalized spacial score (nSPS) is 18.6. The molecule has 6 heteroatoms. The van der Waals surface area contributed by atoms with Crippen LogP contribution in [-0.4, -0.2) is 15.7 Å². The van der Waals surface area contributed by atoms with Gasteiger partial charge in [0.2, 0.25) is 0 Å². The Morgan fingerprint density at radius 3 is 2.57 bits per heavy atom. The van der Waals surface area contributed by atoms with Gasteiger partial charge in [0.15, 0.2) is 0 Å². The van der Waals surface area contributed by atoms with E-state index in [-0.39, 0.29) is 12.8 Å². The fourth-order valence-corrected chi connectivity index (χ4v) is 2.66. The van der Waals surface area contributed by atoms with Crippen molar-refractivity contribution < 1.29 is 13.2 Å². The van der Waals surface area contributed by atoms with Crippen molar-refractivity contribution in [3.63, 3.8) is 0 Å². The number of halogens is 3. The minimum Gasteiger partial charge on any atom is -0.334 e. The molecule has 1 atom stereocenters. The van der Waals surface area contributed by atoms with Gasteiger partial charge in [-0.1, -0.05) is 24.3 Å². The van der Waals surface area contributed by atoms with Gasteiger partial charge in [-0.15, -0.1) is 0 Å². The van der Waals surface area contributed by atoms with Crippen molar-refractivity contribution in [3.05, 3.63) is 41.9 Å². The first-order valence-electron chi connectivity index (χ1n) is 6.89. The molecule has 0 fully saturated rings. The van der Waals surface area contributed by atoms with Crippen LogP contribution in [0.3, 0.4) is 0 Å². The highest BCUT2D eigenvalue weighted by molar-refractivity contribution is 5.59. The van der Waals surface area contributed by atoms with Gasteiger partial charge in [0.25, 0.3) is 0 Å². The summed E-state index contributed by atoms with van der Waals surface area (Å²) in [6.45, 7) is 0.834. The highest BCUT2D eigenvalue weighted by atomic mass is 19.4. The van der Waals surface area contributed by atoms with Crippen molar-refractivity contribution in [2.75, 3.05) is 0 Å². The molecule has 3 rings (SSSR count). The summed E-state index contributed by atoms with van der Waals surface area (Å²) >= 11 is 0. The van der Waals surface area contributed by atoms with Crippen molar-refractivity contribution in [1.29, 1.82) is 0 Å². The number of nitrogens with zero attached hydrogens (tertiary/aromatic N) is 2. The zero-order valence-electron chi connectivity index (χ0n) is 11.4. The van der Waals surface area contributed by atoms with Crippen LogP contribution in [0.1, 0.15) is 17.8 Å². The summed E-state index contributed by atoms with van der Waals surface area (Å²) < 4.78 is 40.2. The van der Waals surface area contributed by atoms with Gasteiger partial charge in [0, 0.05) is 31.3 Å². The van der Waals surface area contributed by atoms with Gasteiger partial charge in [0.1, 0.15) is 5.82 Å². The van der Waals surface area contributed by atoms with Crippen molar-refractivity contribution in [1.82, 2.24) is 9.55 Å². The third-order valence-corrected chi connectivity index (χ3v) is 3.95. The number of rotatable bonds is 2. The average Bonchev–Trinajstić information content (AvgIpc) is 2.89. The Labute approximate surface area is 120 Å². The van der Waals surface area contributed by atoms with Gasteiger partial charge in [-0.25, -0.2) is 4.98 Å². The molecule has 0 unspecified atom stereocenters. The molecule has 0 amide bonds. The number of nitrogens with two attached hydrogens (primary N) is 1. The molecule has 0 saturated carbocycles. The fourth-order valence-electron chi connectivity index (χ4n) is 2.66. The highest BCUT2D eigenvalue weighted by Gasteiger charge is 2.41. The van der Waals surface area contributed by atoms with Crippen LogP contribution in [0.4, 0.5) is 13.2 Å². The molecule has 1 aromatic heterocycles. The Morgan fingerprint density at radius 1 is 1.24 bits per heavy atom. The lowest BCUT2D eigenvalue weighted by molar-refractivity contribution is -0.179. The quantitative estimate of drug-likeness (QED) is 0.925. The molecule has 1 aliphatic heterocycles. The lowest BCUT2D eigenvalue weighted by atomic mass is 9.97. The maximum atomic E-state index is 12.8. The van der Waals surface area contributed by atoms with Gasteiger partial charge in [-0.05, 0) is 12.0 Å². The molecule has 1 aliphatic rings. The first-order chi connectivity index (χ1) is 9.97. The molecule has 0 aliphatic carbocycles. The van der Waals surface area contributed by atoms with Crippen LogP contribution in [0.15, 0.2) is 30.5 Å². The summed E-state index contributed by atoms with van der Waals surface area (Å²) in [5.41, 5.74) is 8.18. The molecule has 2 N–H and O–H groups in total. The summed E-state index contributed by atoms with van der Waals surface area (Å²) in [6, 6.07) is 7.62. The molecule has 0 saturated heterocycles. The molecule has 3 nitrogen and oxygen atoms in total. The van der Waals surface area contributed by atoms with E-state index in [0.717, 1.165) is 16.8 Å². The third kappa shape index (κ3) is 2.81. The third-order valence-electron chi connectivity index (χ3n) is 3.95. The first kappa shape index (κ1) is 14.1. The number of alkyl halides is 3. The fraction of sp³-hybridized carbons (Fsp3) is 0.400. The highest BCUT2D eigenvalue weighted by Crippen LogP contribution is 2.35. The minimum absolute atomic E-state index is 0.0373. The molecule has 0 radical (unpaired) electrons. The van der Waals surface area contributed by atoms with E-state index < -0.39 is 12.1 Å². The van der Waals surface area contributed by atoms with E-state index in [1.54, 1.807) is 0 Å². The Morgan fingerprint density at radius 2 is 1.95 bits per heavy atom. The lowest BCUT2D eigenvalue weighted by Crippen LogP contribution is -2.31. The van der Waals surface area contributed by atoms with E-state index in [1.807, 2.05) is 35.0 Å². The molecule has 112 valence electrons. The molecule has 21 heavy (non-hydrogen) atoms. The van der Waals surface area contributed by atoms with Crippen LogP contribution in [-0.2, 0) is 19.5 Å². The van der Waals surface area contributed by atoms with Crippen LogP contribution in [0.25, 0.3) is 11.3 Å². The molecule has 1 aromatic carbocycles. The Balaban J connectivity index is 1.86. The largest absolute Gasteiger partial charge is 0.392 e. The van der Waals surface area contributed by atoms with Crippen LogP contribution in [0.2, 0.25) is 0 Å². The van der Waals surface area contributed by atoms with Crippen LogP contribution >= 0.6 is 0 Å². The topological polar surface area (TPSA) is 43.8 Å². The molecule has 0 spiro atoms. The summed E-state index contributed by atoms with van der Waals surface area (Å²) in [5, 5.41) is 0. The second-order valence-corrected chi connectivity index (χ2v) is 5.37. The number of aryl methyl sites for hydroxylation is 1. The number of fused-ring (bicyclic) bond motifs is 1. The molecular formula is C15H16F3N3. The number of aromatic nitrogens is 2. The van der Waals surface area contributed by atoms with Gasteiger partial charge in [-0.2, -0.15) is 13.2 Å². The average molecular weight is 295 g/mol. The van der Waals surface area contributed by atoms with Gasteiger partial charge in [0.05, 0.1) is 11.6 Å². The molecule has 0 bridgehead atoms. The maximum absolute atomic E-state index is 12.8. The molecular weight excluding hydrogens is 279 g/mol. The van der Waals surface area contributed by atoms with E-state index in [4.69, 9.17) is 5.73 Å². The van der Waals surface area contributed by atoms with Gasteiger partial charge >= 0.3 is 6.18 Å². The van der Waals surface area contributed by atoms with Gasteiger partial charge in [-0.3, -0.25) is 0 Å². The van der Waals surface area contributed by atoms with E-state index in [9.17, 15) is 13.2 Å². The number of imidazole rings is 1. The predicted molar refractivity (Wildman–Crippen MR) is 73.4 cm³/mol. The first-order valence-corrected chi connectivity index (χ1v) is 6.89. The van der Waals surface area contributed by atoms with Crippen molar-refractivity contribution in [3.8, 4) is 11.3 Å². The Bertz CT molecular complexity index is 629. The standard InChI is InChI=1S/C15H16F3N3/c16-15(17,18)12-5-6-21-9-13(20-14(21)7-12)11-3-1-10(8-19)2-4-11/h1-4,9,12H,5-8,19H2/t12-/m0/s1. The zero-order valence-corrected chi connectivity index (χ0v) is 11.4. The van der Waals surface area contributed by atoms with Crippen LogP contribution in [0, 0.1) is 5.92 Å². The predicted octanol–water partition coefficient (Wildman–Crippen LogP) is 3.13. The molecule has 2 aromatic rings. The minimum atomic E-state index is -4.14. The van der Waals surface area contributed by atoms with E-state index in [0.29, 0.717) is 18.9 Å². The maximum Gasteiger partial charge on any atom is 0.392 e. The van der Waals surface area contributed by atoms with Gasteiger partial charge < -0.3 is 10.3 Å². The second-order valence-electron chi connectivity index (χ2n) is 5.37. The summed E-state index contributed by atoms with van der Waals surface area (Å²) in [7, 11) is 0. The number of hydrogen-bond donors (Lipinski definition) is 1. The lowest BCUT2D eigenvalue weighted by Gasteiger charge is -2.25. The number of benzene rings is 1. The van der Waals surface area contributed by atoms with Crippen molar-refractivity contribution in [2.45, 2.75) is 32.1 Å². The van der Waals surface area contributed by atoms with Crippen molar-refractivity contribution in [2.24, 2.45) is 11.7 Å². The Hall–Kier alpha value is -1.82. The summed E-state index contributed by atoms with van der Waals surface area (Å²) in [4.78, 5) is 4.37. The summed E-state index contributed by atoms with van der Waals surface area (Å²) in [6.07, 6.45) is -2.22. The molecule has 2 heterocycles. The monoisotopic (exact) mass is 295 g/mol. The Kier molecular flexibility index (Phi) is 3.49. The smallest absolute Gasteiger partial charge is 0.334 e. The van der Waals surface area contributed by atoms with Crippen LogP contribution < -0.4 is 5.73 Å². The van der Waals surface area contributed by atoms with Crippen LogP contribution in [0.5, 0.6) is 0 Å². The van der Waals surface area contributed by atoms with Crippen molar-refractivity contribution >= 4 is 0 Å². The second kappa shape index (κ2) is 5.18. The summed E-state index contributed by atoms with van der Waals surface area (Å²) in [5.74, 6) is -0.763. The van der Waals surface area contributed by atoms with E-state index in [2.05, 4.69) is 4.98 Å². The SMILES string of the molecule is NCc1ccc(-c2cn3c(n2)C[C@@H](C(F)(F)F)CC3)cc1. The van der Waals surface area contributed by atoms with E-state index in [1.165, 1.54) is 0 Å². The zero-order chi connectivity index (χ0) is 15.0. The van der Waals surface area contributed by atoms with E-state index >= 15 is 0 Å².